The maximum atomic E-state index is 11.8. The number of hydrogen-bond donors (Lipinski definition) is 0. The van der Waals surface area contributed by atoms with Gasteiger partial charge in [0.1, 0.15) is 0 Å². The molecule has 1 nitrogen and oxygen atoms in total. The Balaban J connectivity index is 4.67. The van der Waals surface area contributed by atoms with Gasteiger partial charge in [0, 0.05) is 7.05 Å². The summed E-state index contributed by atoms with van der Waals surface area (Å²) in [4.78, 5) is 0. The number of hydrogen-bond acceptors (Lipinski definition) is 1. The fraction of sp³-hybridized carbons (Fsp3) is 0.500. The van der Waals surface area contributed by atoms with E-state index in [0.29, 0.717) is 7.05 Å². The molecule has 0 rings (SSSR count). The van der Waals surface area contributed by atoms with Gasteiger partial charge in [0.2, 0.25) is 0 Å². The summed E-state index contributed by atoms with van der Waals surface area (Å²) in [6.45, 7) is 0. The van der Waals surface area contributed by atoms with E-state index in [1.54, 1.807) is 0 Å². The second kappa shape index (κ2) is 3.02. The number of nitrogens with zero attached hydrogens (tertiary/aromatic N) is 1. The minimum absolute atomic E-state index is 0.306. The summed E-state index contributed by atoms with van der Waals surface area (Å²) in [5.74, 6) is -5.67. The molecule has 0 saturated heterocycles. The Labute approximate surface area is 57.8 Å². The molecule has 0 amide bonds. The second-order valence-corrected chi connectivity index (χ2v) is 1.58. The zero-order valence-corrected chi connectivity index (χ0v) is 5.22. The van der Waals surface area contributed by atoms with Gasteiger partial charge in [0.05, 0.1) is 0 Å². The van der Waals surface area contributed by atoms with Crippen molar-refractivity contribution in [3.8, 4) is 0 Å². The van der Waals surface area contributed by atoms with E-state index in [1.165, 1.54) is 0 Å². The lowest BCUT2D eigenvalue weighted by Gasteiger charge is -2.07. The van der Waals surface area contributed by atoms with Crippen molar-refractivity contribution in [3.05, 3.63) is 11.8 Å². The molecule has 0 atom stereocenters. The number of alkyl halides is 3. The quantitative estimate of drug-likeness (QED) is 0.339. The number of halogens is 6. The highest BCUT2D eigenvalue weighted by molar-refractivity contribution is 5.02. The van der Waals surface area contributed by atoms with Crippen LogP contribution in [-0.2, 0) is 0 Å². The molecule has 0 fully saturated rings. The first-order valence-corrected chi connectivity index (χ1v) is 2.28. The van der Waals surface area contributed by atoms with Crippen molar-refractivity contribution < 1.29 is 26.4 Å². The van der Waals surface area contributed by atoms with Gasteiger partial charge in [-0.15, -0.1) is 0 Å². The van der Waals surface area contributed by atoms with Crippen LogP contribution in [0.1, 0.15) is 0 Å². The third-order valence-electron chi connectivity index (χ3n) is 0.701. The van der Waals surface area contributed by atoms with E-state index in [2.05, 4.69) is 0 Å². The monoisotopic (exact) mass is 179 g/mol. The van der Waals surface area contributed by atoms with Crippen molar-refractivity contribution in [1.29, 1.82) is 0 Å². The van der Waals surface area contributed by atoms with Gasteiger partial charge in [-0.25, -0.2) is 0 Å². The van der Waals surface area contributed by atoms with Crippen molar-refractivity contribution in [2.45, 2.75) is 6.18 Å². The molecular formula is C4H3F6N. The van der Waals surface area contributed by atoms with Gasteiger partial charge in [-0.3, -0.25) is 0 Å². The molecule has 0 heterocycles. The molecule has 0 aliphatic heterocycles. The maximum Gasteiger partial charge on any atom is 0.447 e. The van der Waals surface area contributed by atoms with Crippen LogP contribution in [0.5, 0.6) is 0 Å². The fourth-order valence-electron chi connectivity index (χ4n) is 0.252. The molecule has 0 spiro atoms. The molecule has 0 aromatic carbocycles. The Morgan fingerprint density at radius 1 is 1.18 bits per heavy atom. The summed E-state index contributed by atoms with van der Waals surface area (Å²) in [6.07, 6.45) is -5.48. The summed E-state index contributed by atoms with van der Waals surface area (Å²) in [7, 11) is 0.306. The SMILES string of the molecule is CN(F)/C(F)=C(\F)C(F)(F)F. The molecule has 66 valence electrons. The molecule has 0 aromatic rings. The van der Waals surface area contributed by atoms with Crippen molar-refractivity contribution >= 4 is 0 Å². The maximum absolute atomic E-state index is 11.8. The summed E-state index contributed by atoms with van der Waals surface area (Å²) in [5, 5.41) is -1.09. The van der Waals surface area contributed by atoms with E-state index in [0.717, 1.165) is 0 Å². The molecule has 0 aliphatic carbocycles. The highest BCUT2D eigenvalue weighted by Crippen LogP contribution is 2.30. The number of rotatable bonds is 1. The first-order chi connectivity index (χ1) is 4.76. The second-order valence-electron chi connectivity index (χ2n) is 1.58. The van der Waals surface area contributed by atoms with Crippen LogP contribution < -0.4 is 0 Å². The summed E-state index contributed by atoms with van der Waals surface area (Å²) >= 11 is 0. The molecule has 0 aliphatic rings. The standard InChI is InChI=1S/C4H3F6N/c1-11(10)3(6)2(5)4(7,8)9/h1H3/b3-2-. The van der Waals surface area contributed by atoms with Gasteiger partial charge >= 0.3 is 6.18 Å². The molecule has 0 radical (unpaired) electrons. The van der Waals surface area contributed by atoms with Gasteiger partial charge in [0.15, 0.2) is 0 Å². The van der Waals surface area contributed by atoms with Crippen molar-refractivity contribution in [2.75, 3.05) is 7.05 Å². The lowest BCUT2D eigenvalue weighted by molar-refractivity contribution is -0.116. The van der Waals surface area contributed by atoms with Crippen LogP contribution in [0, 0.1) is 0 Å². The first-order valence-electron chi connectivity index (χ1n) is 2.28. The van der Waals surface area contributed by atoms with Crippen LogP contribution in [0.25, 0.3) is 0 Å². The summed E-state index contributed by atoms with van der Waals surface area (Å²) < 4.78 is 68.5. The Morgan fingerprint density at radius 2 is 1.55 bits per heavy atom. The Kier molecular flexibility index (Phi) is 2.77. The van der Waals surface area contributed by atoms with Gasteiger partial charge in [-0.05, 0) is 0 Å². The molecule has 0 unspecified atom stereocenters. The topological polar surface area (TPSA) is 3.24 Å². The summed E-state index contributed by atoms with van der Waals surface area (Å²) in [5.41, 5.74) is 0. The minimum Gasteiger partial charge on any atom is -0.197 e. The zero-order chi connectivity index (χ0) is 9.23. The van der Waals surface area contributed by atoms with E-state index in [9.17, 15) is 26.4 Å². The molecule has 11 heavy (non-hydrogen) atoms. The third-order valence-corrected chi connectivity index (χ3v) is 0.701. The predicted octanol–water partition coefficient (Wildman–Crippen LogP) is 2.47. The Hall–Kier alpha value is -0.880. The molecule has 0 N–H and O–H groups in total. The van der Waals surface area contributed by atoms with E-state index in [4.69, 9.17) is 0 Å². The normalized spacial score (nSPS) is 14.5. The van der Waals surface area contributed by atoms with Crippen LogP contribution in [-0.4, -0.2) is 18.3 Å². The van der Waals surface area contributed by atoms with Crippen LogP contribution in [0.15, 0.2) is 11.8 Å². The van der Waals surface area contributed by atoms with Crippen LogP contribution in [0.3, 0.4) is 0 Å². The van der Waals surface area contributed by atoms with Gasteiger partial charge in [0.25, 0.3) is 11.8 Å². The van der Waals surface area contributed by atoms with E-state index in [-0.39, 0.29) is 0 Å². The number of allylic oxidation sites excluding steroid dienone is 1. The van der Waals surface area contributed by atoms with Gasteiger partial charge in [-0.1, -0.05) is 4.48 Å². The summed E-state index contributed by atoms with van der Waals surface area (Å²) in [6, 6.07) is 0. The molecule has 0 aromatic heterocycles. The molecular weight excluding hydrogens is 176 g/mol. The van der Waals surface area contributed by atoms with Crippen molar-refractivity contribution in [2.24, 2.45) is 0 Å². The van der Waals surface area contributed by atoms with Gasteiger partial charge in [-0.2, -0.15) is 27.1 Å². The minimum atomic E-state index is -5.48. The van der Waals surface area contributed by atoms with Crippen LogP contribution in [0.4, 0.5) is 26.4 Å². The lowest BCUT2D eigenvalue weighted by atomic mass is 10.5. The van der Waals surface area contributed by atoms with Gasteiger partial charge < -0.3 is 0 Å². The predicted molar refractivity (Wildman–Crippen MR) is 24.2 cm³/mol. The fourth-order valence-corrected chi connectivity index (χ4v) is 0.252. The smallest absolute Gasteiger partial charge is 0.197 e. The average molecular weight is 179 g/mol. The Morgan fingerprint density at radius 3 is 1.64 bits per heavy atom. The highest BCUT2D eigenvalue weighted by Gasteiger charge is 2.39. The first kappa shape index (κ1) is 10.1. The highest BCUT2D eigenvalue weighted by atomic mass is 19.4. The van der Waals surface area contributed by atoms with E-state index < -0.39 is 23.1 Å². The van der Waals surface area contributed by atoms with Crippen molar-refractivity contribution in [3.63, 3.8) is 0 Å². The lowest BCUT2D eigenvalue weighted by Crippen LogP contribution is -2.14. The molecule has 0 saturated carbocycles. The van der Waals surface area contributed by atoms with Crippen LogP contribution in [0.2, 0.25) is 0 Å². The van der Waals surface area contributed by atoms with Crippen molar-refractivity contribution in [1.82, 2.24) is 5.12 Å². The zero-order valence-electron chi connectivity index (χ0n) is 5.22. The third kappa shape index (κ3) is 2.69. The Bertz CT molecular complexity index is 168. The molecule has 0 bridgehead atoms. The molecule has 7 heteroatoms. The average Bonchev–Trinajstić information content (AvgIpc) is 1.82. The van der Waals surface area contributed by atoms with Crippen LogP contribution >= 0.6 is 0 Å². The van der Waals surface area contributed by atoms with E-state index in [1.807, 2.05) is 0 Å². The van der Waals surface area contributed by atoms with E-state index >= 15 is 0 Å². The largest absolute Gasteiger partial charge is 0.447 e.